The second kappa shape index (κ2) is 6.18. The van der Waals surface area contributed by atoms with E-state index < -0.39 is 24.0 Å². The molecule has 0 amide bonds. The van der Waals surface area contributed by atoms with Crippen LogP contribution in [0.5, 0.6) is 5.88 Å². The van der Waals surface area contributed by atoms with E-state index >= 15 is 0 Å². The lowest BCUT2D eigenvalue weighted by atomic mass is 10.1. The highest BCUT2D eigenvalue weighted by Crippen LogP contribution is 2.28. The zero-order chi connectivity index (χ0) is 14.6. The number of hydrogen-bond donors (Lipinski definition) is 0. The predicted molar refractivity (Wildman–Crippen MR) is 59.2 cm³/mol. The fraction of sp³-hybridized carbons (Fsp3) is 0.400. The molecule has 9 heteroatoms. The molecule has 0 fully saturated rings. The van der Waals surface area contributed by atoms with Crippen LogP contribution in [0.25, 0.3) is 0 Å². The Balaban J connectivity index is 3.12. The minimum absolute atomic E-state index is 0.0953. The summed E-state index contributed by atoms with van der Waals surface area (Å²) in [4.78, 5) is 14.3. The monoisotopic (exact) mass is 345 g/mol. The number of methoxy groups -OCH3 is 1. The molecule has 0 aromatic carbocycles. The maximum Gasteiger partial charge on any atom is 0.574 e. The number of carbonyl (C=O) groups is 1. The molecular weight excluding hydrogens is 338 g/mol. The molecule has 1 heterocycles. The lowest BCUT2D eigenvalue weighted by Crippen LogP contribution is -2.20. The number of rotatable bonds is 4. The molecule has 1 aromatic heterocycles. The Morgan fingerprint density at radius 2 is 2.11 bits per heavy atom. The first-order valence-corrected chi connectivity index (χ1v) is 5.95. The van der Waals surface area contributed by atoms with Gasteiger partial charge in [-0.15, -0.1) is 13.2 Å². The van der Waals surface area contributed by atoms with Gasteiger partial charge in [-0.3, -0.25) is 4.79 Å². The summed E-state index contributed by atoms with van der Waals surface area (Å²) in [5, 5.41) is -0.0953. The first kappa shape index (κ1) is 15.7. The van der Waals surface area contributed by atoms with Crippen LogP contribution in [0.4, 0.5) is 17.6 Å². The van der Waals surface area contributed by atoms with Gasteiger partial charge in [0.05, 0.1) is 13.5 Å². The Morgan fingerprint density at radius 3 is 2.58 bits per heavy atom. The number of halogens is 5. The van der Waals surface area contributed by atoms with E-state index in [2.05, 4.69) is 30.4 Å². The van der Waals surface area contributed by atoms with E-state index in [1.54, 1.807) is 0 Å². The van der Waals surface area contributed by atoms with Crippen LogP contribution in [0.3, 0.4) is 0 Å². The predicted octanol–water partition coefficient (Wildman–Crippen LogP) is 2.73. The highest BCUT2D eigenvalue weighted by Gasteiger charge is 2.34. The molecule has 106 valence electrons. The van der Waals surface area contributed by atoms with E-state index in [1.165, 1.54) is 0 Å². The number of alkyl halides is 4. The first-order chi connectivity index (χ1) is 8.78. The van der Waals surface area contributed by atoms with Gasteiger partial charge in [0.25, 0.3) is 5.88 Å². The summed E-state index contributed by atoms with van der Waals surface area (Å²) in [7, 11) is 1.14. The van der Waals surface area contributed by atoms with E-state index in [0.717, 1.165) is 13.3 Å². The van der Waals surface area contributed by atoms with Crippen molar-refractivity contribution in [3.8, 4) is 5.88 Å². The van der Waals surface area contributed by atoms with Gasteiger partial charge in [-0.05, 0) is 5.56 Å². The third-order valence-corrected chi connectivity index (χ3v) is 2.65. The van der Waals surface area contributed by atoms with Crippen molar-refractivity contribution in [1.82, 2.24) is 4.98 Å². The Bertz CT molecular complexity index is 479. The van der Waals surface area contributed by atoms with Crippen LogP contribution >= 0.6 is 15.9 Å². The van der Waals surface area contributed by atoms with Crippen molar-refractivity contribution in [2.75, 3.05) is 7.11 Å². The summed E-state index contributed by atoms with van der Waals surface area (Å²) in [6, 6.07) is 0. The van der Waals surface area contributed by atoms with Crippen LogP contribution < -0.4 is 4.74 Å². The molecule has 0 N–H and O–H groups in total. The number of hydrogen-bond acceptors (Lipinski definition) is 4. The molecule has 0 aliphatic carbocycles. The van der Waals surface area contributed by atoms with Crippen LogP contribution in [-0.2, 0) is 21.3 Å². The molecule has 0 aliphatic heterocycles. The zero-order valence-electron chi connectivity index (χ0n) is 9.55. The van der Waals surface area contributed by atoms with Gasteiger partial charge in [-0.2, -0.15) is 0 Å². The molecular formula is C10H8BrF4NO3. The van der Waals surface area contributed by atoms with Gasteiger partial charge in [0.1, 0.15) is 0 Å². The molecule has 1 rings (SSSR count). The molecule has 4 nitrogen and oxygen atoms in total. The fourth-order valence-electron chi connectivity index (χ4n) is 1.25. The summed E-state index contributed by atoms with van der Waals surface area (Å²) in [5.74, 6) is -3.11. The quantitative estimate of drug-likeness (QED) is 0.478. The van der Waals surface area contributed by atoms with Gasteiger partial charge in [-0.1, -0.05) is 15.9 Å². The number of aromatic nitrogens is 1. The number of ether oxygens (including phenoxy) is 2. The maximum absolute atomic E-state index is 13.7. The summed E-state index contributed by atoms with van der Waals surface area (Å²) in [6.45, 7) is 0. The average molecular weight is 346 g/mol. The van der Waals surface area contributed by atoms with Gasteiger partial charge in [0.15, 0.2) is 5.82 Å². The Morgan fingerprint density at radius 1 is 1.47 bits per heavy atom. The molecule has 0 radical (unpaired) electrons. The summed E-state index contributed by atoms with van der Waals surface area (Å²) in [6.07, 6.45) is -4.40. The summed E-state index contributed by atoms with van der Waals surface area (Å²) in [5.41, 5.74) is -0.0181. The normalized spacial score (nSPS) is 11.3. The van der Waals surface area contributed by atoms with Gasteiger partial charge in [0, 0.05) is 17.1 Å². The topological polar surface area (TPSA) is 48.4 Å². The van der Waals surface area contributed by atoms with E-state index in [-0.39, 0.29) is 22.9 Å². The summed E-state index contributed by atoms with van der Waals surface area (Å²) >= 11 is 2.93. The standard InChI is InChI=1S/C10H8BrF4NO3/c1-18-7(17)2-5-4-16-9(19-10(13,14)15)8(12)6(5)3-11/h4H,2-3H2,1H3. The van der Waals surface area contributed by atoms with Crippen molar-refractivity contribution in [1.29, 1.82) is 0 Å². The van der Waals surface area contributed by atoms with Crippen LogP contribution in [0.2, 0.25) is 0 Å². The van der Waals surface area contributed by atoms with E-state index in [0.29, 0.717) is 0 Å². The molecule has 0 spiro atoms. The molecule has 0 aliphatic rings. The van der Waals surface area contributed by atoms with Crippen molar-refractivity contribution in [3.05, 3.63) is 23.1 Å². The second-order valence-corrected chi connectivity index (χ2v) is 3.88. The summed E-state index contributed by atoms with van der Waals surface area (Å²) < 4.78 is 57.6. The van der Waals surface area contributed by atoms with Crippen LogP contribution in [-0.4, -0.2) is 24.4 Å². The lowest BCUT2D eigenvalue weighted by molar-refractivity contribution is -0.277. The zero-order valence-corrected chi connectivity index (χ0v) is 11.1. The molecule has 1 aromatic rings. The van der Waals surface area contributed by atoms with Crippen LogP contribution in [0, 0.1) is 5.82 Å². The lowest BCUT2D eigenvalue weighted by Gasteiger charge is -2.12. The van der Waals surface area contributed by atoms with Crippen molar-refractivity contribution in [3.63, 3.8) is 0 Å². The SMILES string of the molecule is COC(=O)Cc1cnc(OC(F)(F)F)c(F)c1CBr. The Hall–Kier alpha value is -1.38. The van der Waals surface area contributed by atoms with Gasteiger partial charge in [0.2, 0.25) is 0 Å². The minimum Gasteiger partial charge on any atom is -0.469 e. The number of nitrogens with zero attached hydrogens (tertiary/aromatic N) is 1. The third-order valence-electron chi connectivity index (χ3n) is 2.09. The Labute approximate surface area is 113 Å². The Kier molecular flexibility index (Phi) is 5.10. The molecule has 0 saturated heterocycles. The molecule has 0 unspecified atom stereocenters. The number of carbonyl (C=O) groups excluding carboxylic acids is 1. The van der Waals surface area contributed by atoms with Crippen molar-refractivity contribution in [2.45, 2.75) is 18.1 Å². The van der Waals surface area contributed by atoms with Crippen molar-refractivity contribution in [2.24, 2.45) is 0 Å². The van der Waals surface area contributed by atoms with E-state index in [9.17, 15) is 22.4 Å². The van der Waals surface area contributed by atoms with Gasteiger partial charge in [-0.25, -0.2) is 9.37 Å². The second-order valence-electron chi connectivity index (χ2n) is 3.32. The average Bonchev–Trinajstić information content (AvgIpc) is 2.31. The van der Waals surface area contributed by atoms with Crippen molar-refractivity contribution < 1.29 is 31.8 Å². The van der Waals surface area contributed by atoms with Crippen LogP contribution in [0.1, 0.15) is 11.1 Å². The highest BCUT2D eigenvalue weighted by molar-refractivity contribution is 9.08. The third kappa shape index (κ3) is 4.34. The molecule has 19 heavy (non-hydrogen) atoms. The smallest absolute Gasteiger partial charge is 0.469 e. The first-order valence-electron chi connectivity index (χ1n) is 4.83. The van der Waals surface area contributed by atoms with Crippen LogP contribution in [0.15, 0.2) is 6.20 Å². The highest BCUT2D eigenvalue weighted by atomic mass is 79.9. The van der Waals surface area contributed by atoms with Gasteiger partial charge >= 0.3 is 12.3 Å². The number of pyridine rings is 1. The van der Waals surface area contributed by atoms with Gasteiger partial charge < -0.3 is 9.47 Å². The number of esters is 1. The maximum atomic E-state index is 13.7. The fourth-order valence-corrected chi connectivity index (χ4v) is 1.85. The van der Waals surface area contributed by atoms with E-state index in [4.69, 9.17) is 0 Å². The minimum atomic E-state index is -5.04. The molecule has 0 saturated carbocycles. The van der Waals surface area contributed by atoms with E-state index in [1.807, 2.05) is 0 Å². The molecule has 0 atom stereocenters. The van der Waals surface area contributed by atoms with Crippen molar-refractivity contribution >= 4 is 21.9 Å². The largest absolute Gasteiger partial charge is 0.574 e. The molecule has 0 bridgehead atoms.